The highest BCUT2D eigenvalue weighted by atomic mass is 15.2. The summed E-state index contributed by atoms with van der Waals surface area (Å²) >= 11 is 0. The zero-order valence-corrected chi connectivity index (χ0v) is 12.8. The first-order chi connectivity index (χ1) is 11.3. The van der Waals surface area contributed by atoms with Gasteiger partial charge in [-0.2, -0.15) is 5.10 Å². The summed E-state index contributed by atoms with van der Waals surface area (Å²) < 4.78 is 1.81. The molecule has 1 N–H and O–H groups in total. The molecule has 1 saturated carbocycles. The van der Waals surface area contributed by atoms with Crippen LogP contribution in [0.1, 0.15) is 36.7 Å². The van der Waals surface area contributed by atoms with Gasteiger partial charge < -0.3 is 4.98 Å². The number of H-pyrrole nitrogens is 1. The number of hydrogen-bond donors (Lipinski definition) is 1. The van der Waals surface area contributed by atoms with Crippen LogP contribution in [0, 0.1) is 6.92 Å². The van der Waals surface area contributed by atoms with E-state index in [9.17, 15) is 0 Å². The van der Waals surface area contributed by atoms with Gasteiger partial charge in [0.05, 0.1) is 17.6 Å². The Morgan fingerprint density at radius 2 is 2.13 bits per heavy atom. The molecule has 23 heavy (non-hydrogen) atoms. The first-order valence-electron chi connectivity index (χ1n) is 7.95. The summed E-state index contributed by atoms with van der Waals surface area (Å²) in [6.45, 7) is 1.97. The molecule has 5 rings (SSSR count). The number of aromatic amines is 1. The van der Waals surface area contributed by atoms with Crippen LogP contribution in [0.3, 0.4) is 0 Å². The van der Waals surface area contributed by atoms with Crippen LogP contribution < -0.4 is 0 Å². The molecule has 0 amide bonds. The van der Waals surface area contributed by atoms with Crippen molar-refractivity contribution in [2.45, 2.75) is 32.1 Å². The summed E-state index contributed by atoms with van der Waals surface area (Å²) in [6.07, 6.45) is 9.51. The highest BCUT2D eigenvalue weighted by Crippen LogP contribution is 2.35. The molecule has 0 aromatic carbocycles. The normalized spacial score (nSPS) is 15.3. The van der Waals surface area contributed by atoms with Crippen LogP contribution in [-0.2, 0) is 0 Å². The number of hydrogen-bond acceptors (Lipinski definition) is 4. The van der Waals surface area contributed by atoms with Crippen LogP contribution in [0.2, 0.25) is 0 Å². The number of nitrogens with zero attached hydrogens (tertiary/aromatic N) is 5. The molecule has 4 aromatic heterocycles. The van der Waals surface area contributed by atoms with E-state index in [0.717, 1.165) is 39.5 Å². The highest BCUT2D eigenvalue weighted by molar-refractivity contribution is 5.91. The fourth-order valence-corrected chi connectivity index (χ4v) is 3.14. The van der Waals surface area contributed by atoms with E-state index in [1.165, 1.54) is 19.3 Å². The van der Waals surface area contributed by atoms with Gasteiger partial charge in [-0.05, 0) is 31.9 Å². The Bertz CT molecular complexity index is 1020. The van der Waals surface area contributed by atoms with Gasteiger partial charge in [0.2, 0.25) is 0 Å². The van der Waals surface area contributed by atoms with Gasteiger partial charge in [-0.15, -0.1) is 0 Å². The lowest BCUT2D eigenvalue weighted by atomic mass is 9.85. The Morgan fingerprint density at radius 1 is 1.22 bits per heavy atom. The van der Waals surface area contributed by atoms with Crippen molar-refractivity contribution in [2.75, 3.05) is 0 Å². The molecule has 4 aromatic rings. The third-order valence-electron chi connectivity index (χ3n) is 4.64. The molecule has 114 valence electrons. The maximum Gasteiger partial charge on any atom is 0.153 e. The number of fused-ring (bicyclic) bond motifs is 2. The number of imidazole rings is 1. The van der Waals surface area contributed by atoms with Gasteiger partial charge >= 0.3 is 0 Å². The number of aromatic nitrogens is 6. The summed E-state index contributed by atoms with van der Waals surface area (Å²) in [4.78, 5) is 17.0. The van der Waals surface area contributed by atoms with Crippen LogP contribution in [0.4, 0.5) is 0 Å². The monoisotopic (exact) mass is 304 g/mol. The Morgan fingerprint density at radius 3 is 2.96 bits per heavy atom. The predicted molar refractivity (Wildman–Crippen MR) is 87.2 cm³/mol. The minimum atomic E-state index is 0.537. The van der Waals surface area contributed by atoms with Gasteiger partial charge in [0, 0.05) is 29.3 Å². The van der Waals surface area contributed by atoms with E-state index in [4.69, 9.17) is 4.98 Å². The largest absolute Gasteiger partial charge is 0.345 e. The van der Waals surface area contributed by atoms with E-state index in [1.807, 2.05) is 42.2 Å². The van der Waals surface area contributed by atoms with E-state index < -0.39 is 0 Å². The predicted octanol–water partition coefficient (Wildman–Crippen LogP) is 3.24. The van der Waals surface area contributed by atoms with Crippen LogP contribution >= 0.6 is 0 Å². The lowest BCUT2D eigenvalue weighted by Gasteiger charge is -2.23. The van der Waals surface area contributed by atoms with Gasteiger partial charge in [0.1, 0.15) is 11.5 Å². The molecule has 0 saturated heterocycles. The fourth-order valence-electron chi connectivity index (χ4n) is 3.14. The van der Waals surface area contributed by atoms with Gasteiger partial charge in [-0.25, -0.2) is 19.5 Å². The summed E-state index contributed by atoms with van der Waals surface area (Å²) in [6, 6.07) is 3.97. The average Bonchev–Trinajstić information content (AvgIpc) is 3.06. The molecule has 0 spiro atoms. The molecule has 0 radical (unpaired) electrons. The fraction of sp³-hybridized carbons (Fsp3) is 0.294. The minimum Gasteiger partial charge on any atom is -0.345 e. The first-order valence-corrected chi connectivity index (χ1v) is 7.95. The van der Waals surface area contributed by atoms with Crippen molar-refractivity contribution in [3.8, 4) is 11.3 Å². The zero-order chi connectivity index (χ0) is 15.4. The van der Waals surface area contributed by atoms with E-state index in [-0.39, 0.29) is 0 Å². The quantitative estimate of drug-likeness (QED) is 0.617. The Hall–Kier alpha value is -2.76. The summed E-state index contributed by atoms with van der Waals surface area (Å²) in [5.74, 6) is 1.50. The summed E-state index contributed by atoms with van der Waals surface area (Å²) in [5, 5.41) is 5.66. The molecule has 6 heteroatoms. The van der Waals surface area contributed by atoms with Crippen molar-refractivity contribution >= 4 is 16.7 Å². The van der Waals surface area contributed by atoms with E-state index in [1.54, 1.807) is 0 Å². The zero-order valence-electron chi connectivity index (χ0n) is 12.8. The Labute approximate surface area is 132 Å². The lowest BCUT2D eigenvalue weighted by Crippen LogP contribution is -2.12. The molecular formula is C17H16N6. The number of aryl methyl sites for hydroxylation is 1. The molecule has 0 bridgehead atoms. The van der Waals surface area contributed by atoms with Crippen molar-refractivity contribution in [3.05, 3.63) is 42.2 Å². The lowest BCUT2D eigenvalue weighted by molar-refractivity contribution is 0.402. The maximum atomic E-state index is 4.70. The maximum absolute atomic E-state index is 4.70. The molecule has 1 fully saturated rings. The molecular weight excluding hydrogens is 288 g/mol. The summed E-state index contributed by atoms with van der Waals surface area (Å²) in [7, 11) is 0. The van der Waals surface area contributed by atoms with Crippen molar-refractivity contribution in [1.82, 2.24) is 29.5 Å². The minimum absolute atomic E-state index is 0.537. The molecule has 0 atom stereocenters. The SMILES string of the molecule is Cc1cn2nc(-c3c[nH]c4nc(C5CCC5)ncc34)ccc2n1. The average molecular weight is 304 g/mol. The second kappa shape index (κ2) is 4.62. The molecule has 0 aliphatic heterocycles. The second-order valence-electron chi connectivity index (χ2n) is 6.22. The van der Waals surface area contributed by atoms with Crippen molar-refractivity contribution in [3.63, 3.8) is 0 Å². The van der Waals surface area contributed by atoms with Gasteiger partial charge in [-0.1, -0.05) is 6.42 Å². The van der Waals surface area contributed by atoms with Crippen molar-refractivity contribution in [1.29, 1.82) is 0 Å². The third kappa shape index (κ3) is 1.94. The van der Waals surface area contributed by atoms with Crippen LogP contribution in [0.15, 0.2) is 30.7 Å². The Balaban J connectivity index is 1.63. The molecule has 1 aliphatic carbocycles. The van der Waals surface area contributed by atoms with Crippen LogP contribution in [0.5, 0.6) is 0 Å². The van der Waals surface area contributed by atoms with Gasteiger partial charge in [-0.3, -0.25) is 0 Å². The van der Waals surface area contributed by atoms with Gasteiger partial charge in [0.25, 0.3) is 0 Å². The number of rotatable bonds is 2. The Kier molecular flexibility index (Phi) is 2.56. The molecule has 0 unspecified atom stereocenters. The molecule has 1 aliphatic rings. The topological polar surface area (TPSA) is 71.8 Å². The van der Waals surface area contributed by atoms with Crippen LogP contribution in [0.25, 0.3) is 27.9 Å². The van der Waals surface area contributed by atoms with Gasteiger partial charge in [0.15, 0.2) is 5.65 Å². The molecule has 4 heterocycles. The smallest absolute Gasteiger partial charge is 0.153 e. The molecule has 6 nitrogen and oxygen atoms in total. The van der Waals surface area contributed by atoms with E-state index >= 15 is 0 Å². The van der Waals surface area contributed by atoms with E-state index in [2.05, 4.69) is 20.1 Å². The first kappa shape index (κ1) is 12.8. The van der Waals surface area contributed by atoms with Crippen LogP contribution in [-0.4, -0.2) is 29.5 Å². The summed E-state index contributed by atoms with van der Waals surface area (Å²) in [5.41, 5.74) is 4.62. The van der Waals surface area contributed by atoms with Crippen molar-refractivity contribution in [2.24, 2.45) is 0 Å². The third-order valence-corrected chi connectivity index (χ3v) is 4.64. The van der Waals surface area contributed by atoms with E-state index in [0.29, 0.717) is 5.92 Å². The standard InChI is InChI=1S/C17H16N6/c1-10-9-23-15(20-10)6-5-14(22-23)12-7-19-17-13(12)8-18-16(21-17)11-3-2-4-11/h5-9,11H,2-4H2,1H3,(H,18,19,21). The second-order valence-corrected chi connectivity index (χ2v) is 6.22. The highest BCUT2D eigenvalue weighted by Gasteiger charge is 2.23. The number of nitrogens with one attached hydrogen (secondary N) is 1. The van der Waals surface area contributed by atoms with Crippen molar-refractivity contribution < 1.29 is 0 Å².